The van der Waals surface area contributed by atoms with E-state index in [1.165, 1.54) is 0 Å². The van der Waals surface area contributed by atoms with Gasteiger partial charge in [0.25, 0.3) is 5.89 Å². The Hall–Kier alpha value is -1.84. The van der Waals surface area contributed by atoms with Crippen LogP contribution in [0.25, 0.3) is 11.5 Å². The molecule has 0 amide bonds. The molecule has 4 heteroatoms. The molecule has 0 radical (unpaired) electrons. The molecule has 0 saturated heterocycles. The van der Waals surface area contributed by atoms with Gasteiger partial charge in [0.2, 0.25) is 0 Å². The Morgan fingerprint density at radius 2 is 1.60 bits per heavy atom. The van der Waals surface area contributed by atoms with Gasteiger partial charge >= 0.3 is 6.01 Å². The van der Waals surface area contributed by atoms with Gasteiger partial charge in [-0.1, -0.05) is 22.9 Å². The van der Waals surface area contributed by atoms with Crippen LogP contribution in [0.1, 0.15) is 41.5 Å². The van der Waals surface area contributed by atoms with E-state index in [9.17, 15) is 0 Å². The van der Waals surface area contributed by atoms with Crippen LogP contribution in [0.5, 0.6) is 0 Å². The van der Waals surface area contributed by atoms with Crippen molar-refractivity contribution < 1.29 is 9.10 Å². The quantitative estimate of drug-likeness (QED) is 0.851. The van der Waals surface area contributed by atoms with Gasteiger partial charge in [-0.3, -0.25) is 0 Å². The van der Waals surface area contributed by atoms with Crippen LogP contribution in [0.15, 0.2) is 34.7 Å². The van der Waals surface area contributed by atoms with Crippen LogP contribution >= 0.6 is 0 Å². The van der Waals surface area contributed by atoms with Gasteiger partial charge in [0.15, 0.2) is 0 Å². The van der Waals surface area contributed by atoms with Crippen molar-refractivity contribution in [2.24, 2.45) is 0 Å². The molecule has 0 unspecified atom stereocenters. The van der Waals surface area contributed by atoms with Crippen molar-refractivity contribution in [2.75, 3.05) is 5.32 Å². The van der Waals surface area contributed by atoms with E-state index in [-0.39, 0.29) is 11.1 Å². The molecule has 1 aromatic heterocycles. The minimum atomic E-state index is -0.149. The maximum atomic E-state index is 5.94. The third-order valence-electron chi connectivity index (χ3n) is 2.71. The molecule has 1 aromatic carbocycles. The normalized spacial score (nSPS) is 12.5. The topological polar surface area (TPSA) is 41.9 Å². The van der Waals surface area contributed by atoms with E-state index >= 15 is 0 Å². The molecule has 0 spiro atoms. The molecule has 2 rings (SSSR count). The minimum absolute atomic E-state index is 0.0828. The Bertz CT molecular complexity index is 574. The molecule has 108 valence electrons. The van der Waals surface area contributed by atoms with Crippen molar-refractivity contribution in [2.45, 2.75) is 52.6 Å². The molecule has 0 atom stereocenters. The van der Waals surface area contributed by atoms with Gasteiger partial charge in [0.05, 0.1) is 5.54 Å². The first kappa shape index (κ1) is 14.6. The first-order chi connectivity index (χ1) is 9.17. The van der Waals surface area contributed by atoms with Crippen LogP contribution in [0.4, 0.5) is 6.01 Å². The van der Waals surface area contributed by atoms with Gasteiger partial charge in [-0.05, 0) is 58.8 Å². The van der Waals surface area contributed by atoms with Crippen LogP contribution in [0.3, 0.4) is 0 Å². The maximum Gasteiger partial charge on any atom is 0.478 e. The van der Waals surface area contributed by atoms with E-state index in [0.29, 0.717) is 11.9 Å². The summed E-state index contributed by atoms with van der Waals surface area (Å²) in [5.74, 6) is 0.632. The average molecular weight is 274 g/mol. The number of aromatic nitrogens is 2. The Balaban J connectivity index is 2.48. The molecule has 1 N–H and O–H groups in total. The van der Waals surface area contributed by atoms with E-state index in [0.717, 1.165) is 5.56 Å². The van der Waals surface area contributed by atoms with Crippen molar-refractivity contribution >= 4 is 6.01 Å². The fourth-order valence-corrected chi connectivity index (χ4v) is 1.84. The first-order valence-electron chi connectivity index (χ1n) is 6.94. The molecule has 20 heavy (non-hydrogen) atoms. The van der Waals surface area contributed by atoms with E-state index in [2.05, 4.69) is 52.0 Å². The zero-order valence-corrected chi connectivity index (χ0v) is 13.2. The molecule has 0 fully saturated rings. The fourth-order valence-electron chi connectivity index (χ4n) is 1.84. The third-order valence-corrected chi connectivity index (χ3v) is 2.71. The van der Waals surface area contributed by atoms with Gasteiger partial charge < -0.3 is 4.42 Å². The summed E-state index contributed by atoms with van der Waals surface area (Å²) < 4.78 is 7.85. The lowest BCUT2D eigenvalue weighted by Gasteiger charge is -2.17. The van der Waals surface area contributed by atoms with Gasteiger partial charge in [-0.15, -0.1) is 0 Å². The SMILES string of the molecule is CC(C)(C)Nc1oc(-c2ccccc2)n[n+]1C(C)(C)C. The van der Waals surface area contributed by atoms with E-state index in [1.54, 1.807) is 0 Å². The van der Waals surface area contributed by atoms with Crippen molar-refractivity contribution in [3.63, 3.8) is 0 Å². The maximum absolute atomic E-state index is 5.94. The molecule has 0 aliphatic heterocycles. The van der Waals surface area contributed by atoms with E-state index < -0.39 is 0 Å². The van der Waals surface area contributed by atoms with Crippen LogP contribution in [0, 0.1) is 0 Å². The Morgan fingerprint density at radius 3 is 2.10 bits per heavy atom. The molecular formula is C16H24N3O+. The Kier molecular flexibility index (Phi) is 3.59. The second-order valence-electron chi connectivity index (χ2n) is 7.04. The van der Waals surface area contributed by atoms with E-state index in [1.807, 2.05) is 35.0 Å². The van der Waals surface area contributed by atoms with Crippen LogP contribution in [0.2, 0.25) is 0 Å². The highest BCUT2D eigenvalue weighted by Gasteiger charge is 2.33. The Labute approximate surface area is 120 Å². The second-order valence-corrected chi connectivity index (χ2v) is 7.04. The minimum Gasteiger partial charge on any atom is -0.367 e. The van der Waals surface area contributed by atoms with E-state index in [4.69, 9.17) is 4.42 Å². The summed E-state index contributed by atoms with van der Waals surface area (Å²) in [7, 11) is 0. The number of hydrogen-bond acceptors (Lipinski definition) is 3. The summed E-state index contributed by atoms with van der Waals surface area (Å²) in [6, 6.07) is 10.6. The highest BCUT2D eigenvalue weighted by Crippen LogP contribution is 2.22. The number of nitrogens with zero attached hydrogens (tertiary/aromatic N) is 2. The summed E-state index contributed by atoms with van der Waals surface area (Å²) in [6.45, 7) is 12.6. The molecule has 0 aliphatic rings. The molecule has 1 heterocycles. The lowest BCUT2D eigenvalue weighted by Crippen LogP contribution is -2.54. The Morgan fingerprint density at radius 1 is 1.00 bits per heavy atom. The van der Waals surface area contributed by atoms with Gasteiger partial charge in [0.1, 0.15) is 5.54 Å². The number of anilines is 1. The van der Waals surface area contributed by atoms with Crippen LogP contribution < -0.4 is 10.00 Å². The zero-order valence-electron chi connectivity index (χ0n) is 13.2. The molecule has 0 bridgehead atoms. The molecule has 4 nitrogen and oxygen atoms in total. The lowest BCUT2D eigenvalue weighted by atomic mass is 10.1. The predicted molar refractivity (Wildman–Crippen MR) is 80.5 cm³/mol. The fraction of sp³-hybridized carbons (Fsp3) is 0.500. The smallest absolute Gasteiger partial charge is 0.367 e. The summed E-state index contributed by atoms with van der Waals surface area (Å²) in [6.07, 6.45) is 0. The summed E-state index contributed by atoms with van der Waals surface area (Å²) >= 11 is 0. The molecule has 0 saturated carbocycles. The van der Waals surface area contributed by atoms with Crippen LogP contribution in [-0.4, -0.2) is 10.6 Å². The highest BCUT2D eigenvalue weighted by molar-refractivity contribution is 5.52. The number of rotatable bonds is 2. The summed E-state index contributed by atoms with van der Waals surface area (Å²) in [5.41, 5.74) is 0.748. The number of hydrogen-bond donors (Lipinski definition) is 1. The largest absolute Gasteiger partial charge is 0.478 e. The molecular weight excluding hydrogens is 250 g/mol. The average Bonchev–Trinajstić information content (AvgIpc) is 2.71. The van der Waals surface area contributed by atoms with Crippen molar-refractivity contribution in [1.29, 1.82) is 0 Å². The second kappa shape index (κ2) is 4.93. The van der Waals surface area contributed by atoms with Gasteiger partial charge in [-0.2, -0.15) is 0 Å². The highest BCUT2D eigenvalue weighted by atomic mass is 16.4. The molecule has 0 aliphatic carbocycles. The van der Waals surface area contributed by atoms with Crippen molar-refractivity contribution in [3.05, 3.63) is 30.3 Å². The summed E-state index contributed by atoms with van der Waals surface area (Å²) in [5, 5.41) is 8.00. The predicted octanol–water partition coefficient (Wildman–Crippen LogP) is 3.59. The van der Waals surface area contributed by atoms with Crippen molar-refractivity contribution in [3.8, 4) is 11.5 Å². The third kappa shape index (κ3) is 3.38. The zero-order chi connectivity index (χ0) is 15.0. The van der Waals surface area contributed by atoms with Crippen molar-refractivity contribution in [1.82, 2.24) is 5.10 Å². The first-order valence-corrected chi connectivity index (χ1v) is 6.94. The monoisotopic (exact) mass is 274 g/mol. The molecule has 2 aromatic rings. The number of nitrogens with one attached hydrogen (secondary N) is 1. The lowest BCUT2D eigenvalue weighted by molar-refractivity contribution is -0.793. The standard InChI is InChI=1S/C16H23N3O/c1-15(2,3)17-14-19(16(4,5)6)18-13(20-14)12-10-8-7-9-11-12/h7-11H,1-6H3/p+1. The van der Waals surface area contributed by atoms with Gasteiger partial charge in [-0.25, -0.2) is 5.32 Å². The number of benzene rings is 1. The van der Waals surface area contributed by atoms with Crippen LogP contribution in [-0.2, 0) is 5.54 Å². The summed E-state index contributed by atoms with van der Waals surface area (Å²) in [4.78, 5) is 0. The van der Waals surface area contributed by atoms with Gasteiger partial charge in [0, 0.05) is 5.56 Å².